The van der Waals surface area contributed by atoms with Gasteiger partial charge in [-0.2, -0.15) is 0 Å². The van der Waals surface area contributed by atoms with Crippen LogP contribution in [0.1, 0.15) is 33.3 Å². The van der Waals surface area contributed by atoms with Gasteiger partial charge in [-0.3, -0.25) is 9.20 Å². The van der Waals surface area contributed by atoms with Gasteiger partial charge in [0, 0.05) is 46.5 Å². The van der Waals surface area contributed by atoms with Crippen LogP contribution in [0.2, 0.25) is 5.02 Å². The number of benzene rings is 1. The van der Waals surface area contributed by atoms with Crippen molar-refractivity contribution in [3.63, 3.8) is 0 Å². The van der Waals surface area contributed by atoms with Gasteiger partial charge >= 0.3 is 0 Å². The zero-order chi connectivity index (χ0) is 17.5. The van der Waals surface area contributed by atoms with Crippen molar-refractivity contribution >= 4 is 52.3 Å². The third-order valence-electron chi connectivity index (χ3n) is 3.28. The lowest BCUT2D eigenvalue weighted by atomic mass is 10.2. The quantitative estimate of drug-likeness (QED) is 0.378. The molecule has 1 aromatic carbocycles. The van der Waals surface area contributed by atoms with E-state index < -0.39 is 10.8 Å². The summed E-state index contributed by atoms with van der Waals surface area (Å²) in [6, 6.07) is 7.80. The van der Waals surface area contributed by atoms with E-state index in [9.17, 15) is 4.21 Å². The molecular weight excluding hydrogens is 457 g/mol. The fourth-order valence-electron chi connectivity index (χ4n) is 1.97. The maximum Gasteiger partial charge on any atom is 0.193 e. The van der Waals surface area contributed by atoms with Gasteiger partial charge in [0.15, 0.2) is 5.96 Å². The van der Waals surface area contributed by atoms with Gasteiger partial charge in [-0.05, 0) is 39.3 Å². The van der Waals surface area contributed by atoms with Gasteiger partial charge in [0.2, 0.25) is 0 Å². The Morgan fingerprint density at radius 3 is 2.50 bits per heavy atom. The van der Waals surface area contributed by atoms with Gasteiger partial charge in [-0.15, -0.1) is 24.0 Å². The average Bonchev–Trinajstić information content (AvgIpc) is 2.47. The first-order valence-electron chi connectivity index (χ1n) is 7.87. The maximum absolute atomic E-state index is 12.1. The minimum Gasteiger partial charge on any atom is -0.357 e. The molecule has 0 radical (unpaired) electrons. The lowest BCUT2D eigenvalue weighted by Gasteiger charge is -2.23. The summed E-state index contributed by atoms with van der Waals surface area (Å²) >= 11 is 6.22. The molecule has 0 aliphatic heterocycles. The molecule has 1 unspecified atom stereocenters. The minimum atomic E-state index is -0.887. The van der Waals surface area contributed by atoms with Crippen LogP contribution >= 0.6 is 35.6 Å². The van der Waals surface area contributed by atoms with Crippen LogP contribution in [0.4, 0.5) is 0 Å². The fourth-order valence-corrected chi connectivity index (χ4v) is 3.03. The van der Waals surface area contributed by atoms with Gasteiger partial charge in [-0.25, -0.2) is 0 Å². The number of halogens is 2. The first-order valence-corrected chi connectivity index (χ1v) is 9.56. The number of hydrogen-bond acceptors (Lipinski definition) is 2. The highest BCUT2D eigenvalue weighted by Gasteiger charge is 2.18. The van der Waals surface area contributed by atoms with E-state index in [4.69, 9.17) is 11.6 Å². The highest BCUT2D eigenvalue weighted by Crippen LogP contribution is 2.16. The summed E-state index contributed by atoms with van der Waals surface area (Å²) in [5.74, 6) is 1.37. The van der Waals surface area contributed by atoms with Gasteiger partial charge in [0.1, 0.15) is 0 Å². The molecule has 138 valence electrons. The van der Waals surface area contributed by atoms with Crippen molar-refractivity contribution < 1.29 is 4.21 Å². The molecule has 0 aromatic heterocycles. The molecule has 1 rings (SSSR count). The molecule has 0 heterocycles. The van der Waals surface area contributed by atoms with E-state index in [0.717, 1.165) is 23.1 Å². The monoisotopic (exact) mass is 485 g/mol. The number of aliphatic imine (C=N–C) groups is 1. The second-order valence-corrected chi connectivity index (χ2v) is 9.08. The Balaban J connectivity index is 0.00000529. The molecule has 4 nitrogen and oxygen atoms in total. The number of guanidine groups is 1. The number of nitrogens with one attached hydrogen (secondary N) is 1. The van der Waals surface area contributed by atoms with Crippen molar-refractivity contribution in [3.8, 4) is 0 Å². The highest BCUT2D eigenvalue weighted by atomic mass is 127. The van der Waals surface area contributed by atoms with Crippen molar-refractivity contribution in [1.82, 2.24) is 10.2 Å². The Bertz CT molecular complexity index is 561. The van der Waals surface area contributed by atoms with E-state index in [1.165, 1.54) is 0 Å². The molecule has 7 heteroatoms. The van der Waals surface area contributed by atoms with Gasteiger partial charge < -0.3 is 10.2 Å². The standard InChI is InChI=1S/C17H28ClN3OS.HI/c1-6-19-16(20-11-12-23(22)17(2,3)4)21(5)13-14-9-7-8-10-15(14)18;/h7-10H,6,11-13H2,1-5H3,(H,19,20);1H. The second kappa shape index (κ2) is 11.3. The van der Waals surface area contributed by atoms with Crippen LogP contribution in [-0.4, -0.2) is 45.7 Å². The van der Waals surface area contributed by atoms with Gasteiger partial charge in [-0.1, -0.05) is 29.8 Å². The van der Waals surface area contributed by atoms with Crippen LogP contribution in [-0.2, 0) is 17.3 Å². The van der Waals surface area contributed by atoms with Crippen molar-refractivity contribution in [1.29, 1.82) is 0 Å². The first-order chi connectivity index (χ1) is 10.8. The second-order valence-electron chi connectivity index (χ2n) is 6.35. The van der Waals surface area contributed by atoms with Gasteiger partial charge in [0.25, 0.3) is 0 Å². The van der Waals surface area contributed by atoms with E-state index in [1.807, 2.05) is 63.9 Å². The van der Waals surface area contributed by atoms with Crippen LogP contribution < -0.4 is 5.32 Å². The van der Waals surface area contributed by atoms with Crippen molar-refractivity contribution in [2.24, 2.45) is 4.99 Å². The Kier molecular flexibility index (Phi) is 11.1. The molecular formula is C17H29ClIN3OS. The molecule has 1 atom stereocenters. The Morgan fingerprint density at radius 2 is 1.96 bits per heavy atom. The van der Waals surface area contributed by atoms with E-state index in [-0.39, 0.29) is 28.7 Å². The summed E-state index contributed by atoms with van der Waals surface area (Å²) in [4.78, 5) is 6.62. The summed E-state index contributed by atoms with van der Waals surface area (Å²) in [5.41, 5.74) is 1.06. The predicted molar refractivity (Wildman–Crippen MR) is 117 cm³/mol. The minimum absolute atomic E-state index is 0. The molecule has 0 aliphatic carbocycles. The van der Waals surface area contributed by atoms with Crippen molar-refractivity contribution in [2.75, 3.05) is 25.9 Å². The highest BCUT2D eigenvalue weighted by molar-refractivity contribution is 14.0. The number of nitrogens with zero attached hydrogens (tertiary/aromatic N) is 2. The van der Waals surface area contributed by atoms with Crippen molar-refractivity contribution in [3.05, 3.63) is 34.9 Å². The van der Waals surface area contributed by atoms with Crippen LogP contribution in [0, 0.1) is 0 Å². The first kappa shape index (κ1) is 23.7. The van der Waals surface area contributed by atoms with Crippen LogP contribution in [0.15, 0.2) is 29.3 Å². The smallest absolute Gasteiger partial charge is 0.193 e. The SMILES string of the molecule is CCNC(=NCCS(=O)C(C)(C)C)N(C)Cc1ccccc1Cl.I. The number of rotatable bonds is 6. The molecule has 0 aliphatic rings. The zero-order valence-electron chi connectivity index (χ0n) is 15.1. The molecule has 0 amide bonds. The van der Waals surface area contributed by atoms with Gasteiger partial charge in [0.05, 0.1) is 6.54 Å². The topological polar surface area (TPSA) is 44.7 Å². The normalized spacial score (nSPS) is 13.2. The average molecular weight is 486 g/mol. The number of hydrogen-bond donors (Lipinski definition) is 1. The molecule has 24 heavy (non-hydrogen) atoms. The summed E-state index contributed by atoms with van der Waals surface area (Å²) in [5, 5.41) is 4.02. The molecule has 1 N–H and O–H groups in total. The molecule has 0 saturated carbocycles. The molecule has 0 spiro atoms. The summed E-state index contributed by atoms with van der Waals surface area (Å²) < 4.78 is 11.9. The predicted octanol–water partition coefficient (Wildman–Crippen LogP) is 3.90. The zero-order valence-corrected chi connectivity index (χ0v) is 19.0. The lowest BCUT2D eigenvalue weighted by molar-refractivity contribution is 0.477. The van der Waals surface area contributed by atoms with E-state index in [0.29, 0.717) is 18.8 Å². The van der Waals surface area contributed by atoms with Crippen LogP contribution in [0.5, 0.6) is 0 Å². The summed E-state index contributed by atoms with van der Waals surface area (Å²) in [7, 11) is 1.09. The fraction of sp³-hybridized carbons (Fsp3) is 0.588. The lowest BCUT2D eigenvalue weighted by Crippen LogP contribution is -2.39. The van der Waals surface area contributed by atoms with Crippen molar-refractivity contribution in [2.45, 2.75) is 39.0 Å². The van der Waals surface area contributed by atoms with Crippen LogP contribution in [0.3, 0.4) is 0 Å². The van der Waals surface area contributed by atoms with E-state index in [1.54, 1.807) is 0 Å². The van der Waals surface area contributed by atoms with E-state index in [2.05, 4.69) is 10.3 Å². The molecule has 0 saturated heterocycles. The Labute approximate surface area is 170 Å². The third-order valence-corrected chi connectivity index (χ3v) is 5.57. The third kappa shape index (κ3) is 8.16. The van der Waals surface area contributed by atoms with E-state index >= 15 is 0 Å². The Hall–Kier alpha value is -0.340. The summed E-state index contributed by atoms with van der Waals surface area (Å²) in [6.07, 6.45) is 0. The maximum atomic E-state index is 12.1. The Morgan fingerprint density at radius 1 is 1.33 bits per heavy atom. The molecule has 0 bridgehead atoms. The van der Waals surface area contributed by atoms with Crippen LogP contribution in [0.25, 0.3) is 0 Å². The molecule has 1 aromatic rings. The largest absolute Gasteiger partial charge is 0.357 e. The molecule has 0 fully saturated rings. The summed E-state index contributed by atoms with van der Waals surface area (Å²) in [6.45, 7) is 10.00.